The van der Waals surface area contributed by atoms with E-state index in [1.165, 1.54) is 54.0 Å². The predicted molar refractivity (Wildman–Crippen MR) is 224 cm³/mol. The molecule has 53 heavy (non-hydrogen) atoms. The normalized spacial score (nSPS) is 13.2. The van der Waals surface area contributed by atoms with Gasteiger partial charge >= 0.3 is 0 Å². The van der Waals surface area contributed by atoms with Gasteiger partial charge < -0.3 is 9.13 Å². The fourth-order valence-corrected chi connectivity index (χ4v) is 12.2. The van der Waals surface area contributed by atoms with Gasteiger partial charge in [-0.1, -0.05) is 140 Å². The average molecular weight is 695 g/mol. The van der Waals surface area contributed by atoms with Crippen molar-refractivity contribution in [3.05, 3.63) is 170 Å². The van der Waals surface area contributed by atoms with Crippen molar-refractivity contribution in [3.63, 3.8) is 0 Å². The molecule has 0 radical (unpaired) electrons. The number of nitrogens with zero attached hydrogens (tertiary/aromatic N) is 4. The van der Waals surface area contributed by atoms with Crippen LogP contribution >= 0.6 is 0 Å². The Hall–Kier alpha value is -6.56. The Morgan fingerprint density at radius 2 is 1.08 bits per heavy atom. The third-order valence-electron chi connectivity index (χ3n) is 11.3. The Bertz CT molecular complexity index is 3080. The first kappa shape index (κ1) is 30.1. The van der Waals surface area contributed by atoms with E-state index in [-0.39, 0.29) is 0 Å². The molecule has 0 bridgehead atoms. The van der Waals surface area contributed by atoms with Crippen LogP contribution in [0.3, 0.4) is 0 Å². The zero-order chi connectivity index (χ0) is 35.3. The van der Waals surface area contributed by atoms with Crippen LogP contribution in [0.1, 0.15) is 0 Å². The number of fused-ring (bicyclic) bond motifs is 10. The minimum atomic E-state index is -2.04. The van der Waals surface area contributed by atoms with Gasteiger partial charge in [-0.25, -0.2) is 9.97 Å². The summed E-state index contributed by atoms with van der Waals surface area (Å²) in [6.07, 6.45) is 0. The highest BCUT2D eigenvalue weighted by Gasteiger charge is 2.41. The van der Waals surface area contributed by atoms with Crippen molar-refractivity contribution in [2.75, 3.05) is 0 Å². The van der Waals surface area contributed by atoms with E-state index >= 15 is 0 Å². The summed E-state index contributed by atoms with van der Waals surface area (Å²) in [6.45, 7) is 4.87. The molecule has 0 unspecified atom stereocenters. The number of hydrogen-bond donors (Lipinski definition) is 0. The molecule has 5 heteroatoms. The van der Waals surface area contributed by atoms with Crippen molar-refractivity contribution < 1.29 is 0 Å². The SMILES string of the molecule is C[Si]1(C)c2ccccc2-c2nc(-c3cccc(-n4c5ccccc5c5c4ccc4c6ccccc6n(-c6ccccc6)c45)c3)nc(-c3ccccc3)c21. The maximum absolute atomic E-state index is 5.43. The Balaban J connectivity index is 1.18. The first-order valence-corrected chi connectivity index (χ1v) is 21.3. The van der Waals surface area contributed by atoms with E-state index in [4.69, 9.17) is 9.97 Å². The molecule has 10 aromatic rings. The standard InChI is InChI=1S/C48H34N4Si/c1-53(2)42-27-14-11-24-38(42)45-47(53)44(31-16-5-3-6-17-31)49-48(50-45)32-18-15-21-34(30-32)51-40-26-13-10-23-37(40)43-41(51)29-28-36-35-22-9-12-25-39(35)52(46(36)43)33-19-7-4-8-20-33/h3-30H,1-2H3. The lowest BCUT2D eigenvalue weighted by molar-refractivity contribution is 1.16. The monoisotopic (exact) mass is 694 g/mol. The van der Waals surface area contributed by atoms with E-state index in [9.17, 15) is 0 Å². The van der Waals surface area contributed by atoms with Gasteiger partial charge in [-0.15, -0.1) is 0 Å². The quantitative estimate of drug-likeness (QED) is 0.172. The second-order valence-electron chi connectivity index (χ2n) is 14.6. The molecule has 0 atom stereocenters. The number of hydrogen-bond acceptors (Lipinski definition) is 2. The van der Waals surface area contributed by atoms with Gasteiger partial charge in [-0.2, -0.15) is 0 Å². The van der Waals surface area contributed by atoms with E-state index in [2.05, 4.69) is 192 Å². The van der Waals surface area contributed by atoms with Crippen molar-refractivity contribution in [3.8, 4) is 45.3 Å². The smallest absolute Gasteiger partial charge is 0.160 e. The summed E-state index contributed by atoms with van der Waals surface area (Å²) in [5.41, 5.74) is 12.5. The highest BCUT2D eigenvalue weighted by atomic mass is 28.3. The van der Waals surface area contributed by atoms with Gasteiger partial charge in [0.15, 0.2) is 5.82 Å². The van der Waals surface area contributed by atoms with Crippen LogP contribution in [0.2, 0.25) is 13.1 Å². The fourth-order valence-electron chi connectivity index (χ4n) is 8.97. The summed E-state index contributed by atoms with van der Waals surface area (Å²) in [5.74, 6) is 0.748. The van der Waals surface area contributed by atoms with Crippen LogP contribution in [0.5, 0.6) is 0 Å². The van der Waals surface area contributed by atoms with Gasteiger partial charge in [-0.3, -0.25) is 0 Å². The number of benzene rings is 7. The molecule has 0 saturated carbocycles. The molecule has 250 valence electrons. The second kappa shape index (κ2) is 11.2. The molecule has 0 aliphatic carbocycles. The molecule has 1 aliphatic rings. The van der Waals surface area contributed by atoms with Crippen molar-refractivity contribution >= 4 is 62.1 Å². The van der Waals surface area contributed by atoms with E-state index in [1.54, 1.807) is 0 Å². The van der Waals surface area contributed by atoms with Gasteiger partial charge in [0.1, 0.15) is 8.07 Å². The van der Waals surface area contributed by atoms with E-state index < -0.39 is 8.07 Å². The maximum atomic E-state index is 5.43. The zero-order valence-electron chi connectivity index (χ0n) is 29.5. The molecule has 4 nitrogen and oxygen atoms in total. The van der Waals surface area contributed by atoms with Gasteiger partial charge in [-0.05, 0) is 58.4 Å². The first-order valence-electron chi connectivity index (χ1n) is 18.3. The number of rotatable bonds is 4. The lowest BCUT2D eigenvalue weighted by Crippen LogP contribution is -2.50. The van der Waals surface area contributed by atoms with Crippen molar-refractivity contribution in [1.82, 2.24) is 19.1 Å². The van der Waals surface area contributed by atoms with Gasteiger partial charge in [0, 0.05) is 44.0 Å². The highest BCUT2D eigenvalue weighted by Crippen LogP contribution is 2.42. The molecular formula is C48H34N4Si. The molecule has 3 aromatic heterocycles. The fraction of sp³-hybridized carbons (Fsp3) is 0.0417. The first-order chi connectivity index (χ1) is 26.1. The molecule has 0 fully saturated rings. The predicted octanol–water partition coefficient (Wildman–Crippen LogP) is 10.8. The van der Waals surface area contributed by atoms with Gasteiger partial charge in [0.2, 0.25) is 0 Å². The summed E-state index contributed by atoms with van der Waals surface area (Å²) in [4.78, 5) is 10.8. The van der Waals surface area contributed by atoms with Crippen LogP contribution in [-0.2, 0) is 0 Å². The summed E-state index contributed by atoms with van der Waals surface area (Å²) in [7, 11) is -2.04. The molecule has 0 N–H and O–H groups in total. The van der Waals surface area contributed by atoms with Crippen LogP contribution < -0.4 is 10.4 Å². The molecule has 4 heterocycles. The Labute approximate surface area is 308 Å². The van der Waals surface area contributed by atoms with Crippen molar-refractivity contribution in [2.24, 2.45) is 0 Å². The lowest BCUT2D eigenvalue weighted by atomic mass is 10.1. The third kappa shape index (κ3) is 4.29. The summed E-state index contributed by atoms with van der Waals surface area (Å²) in [6, 6.07) is 61.2. The van der Waals surface area contributed by atoms with Gasteiger partial charge in [0.25, 0.3) is 0 Å². The Morgan fingerprint density at radius 3 is 1.89 bits per heavy atom. The average Bonchev–Trinajstić information content (AvgIpc) is 3.82. The van der Waals surface area contributed by atoms with E-state index in [0.717, 1.165) is 45.2 Å². The second-order valence-corrected chi connectivity index (χ2v) is 18.9. The molecule has 1 aliphatic heterocycles. The third-order valence-corrected chi connectivity index (χ3v) is 14.8. The molecular weight excluding hydrogens is 661 g/mol. The molecule has 11 rings (SSSR count). The largest absolute Gasteiger partial charge is 0.309 e. The molecule has 0 amide bonds. The van der Waals surface area contributed by atoms with Crippen LogP contribution in [-0.4, -0.2) is 27.2 Å². The molecule has 0 saturated heterocycles. The number of para-hydroxylation sites is 3. The van der Waals surface area contributed by atoms with Crippen LogP contribution in [0, 0.1) is 0 Å². The maximum Gasteiger partial charge on any atom is 0.160 e. The van der Waals surface area contributed by atoms with Crippen LogP contribution in [0.25, 0.3) is 88.9 Å². The highest BCUT2D eigenvalue weighted by molar-refractivity contribution is 7.04. The van der Waals surface area contributed by atoms with Crippen molar-refractivity contribution in [2.45, 2.75) is 13.1 Å². The van der Waals surface area contributed by atoms with E-state index in [0.29, 0.717) is 0 Å². The lowest BCUT2D eigenvalue weighted by Gasteiger charge is -2.21. The van der Waals surface area contributed by atoms with Crippen LogP contribution in [0.4, 0.5) is 0 Å². The topological polar surface area (TPSA) is 35.6 Å². The summed E-state index contributed by atoms with van der Waals surface area (Å²) in [5, 5.41) is 7.72. The summed E-state index contributed by atoms with van der Waals surface area (Å²) >= 11 is 0. The number of aromatic nitrogens is 4. The molecule has 0 spiro atoms. The minimum absolute atomic E-state index is 0.748. The van der Waals surface area contributed by atoms with Crippen molar-refractivity contribution in [1.29, 1.82) is 0 Å². The Kier molecular flexibility index (Phi) is 6.37. The van der Waals surface area contributed by atoms with E-state index in [1.807, 2.05) is 0 Å². The zero-order valence-corrected chi connectivity index (χ0v) is 30.5. The molecule has 7 aromatic carbocycles. The van der Waals surface area contributed by atoms with Gasteiger partial charge in [0.05, 0.1) is 33.5 Å². The minimum Gasteiger partial charge on any atom is -0.309 e. The van der Waals surface area contributed by atoms with Crippen LogP contribution in [0.15, 0.2) is 170 Å². The Morgan fingerprint density at radius 1 is 0.453 bits per heavy atom. The summed E-state index contributed by atoms with van der Waals surface area (Å²) < 4.78 is 4.85.